The van der Waals surface area contributed by atoms with E-state index in [1.165, 1.54) is 0 Å². The Morgan fingerprint density at radius 2 is 1.61 bits per heavy atom. The molecular formula is C28H29ClF3N5O4. The highest BCUT2D eigenvalue weighted by molar-refractivity contribution is 6.30. The first-order chi connectivity index (χ1) is 19.5. The van der Waals surface area contributed by atoms with Crippen LogP contribution in [-0.4, -0.2) is 61.9 Å². The number of fused-ring (bicyclic) bond motifs is 1. The van der Waals surface area contributed by atoms with Gasteiger partial charge in [0.2, 0.25) is 0 Å². The largest absolute Gasteiger partial charge is 0.490 e. The zero-order chi connectivity index (χ0) is 30.0. The van der Waals surface area contributed by atoms with Crippen LogP contribution in [-0.2, 0) is 17.8 Å². The molecular weight excluding hydrogens is 563 g/mol. The Hall–Kier alpha value is -4.16. The Bertz CT molecular complexity index is 1510. The molecule has 0 bridgehead atoms. The summed E-state index contributed by atoms with van der Waals surface area (Å²) in [6, 6.07) is 20.4. The van der Waals surface area contributed by atoms with Crippen molar-refractivity contribution in [3.05, 3.63) is 105 Å². The van der Waals surface area contributed by atoms with Gasteiger partial charge in [0.1, 0.15) is 11.3 Å². The lowest BCUT2D eigenvalue weighted by Gasteiger charge is -2.23. The molecule has 0 saturated heterocycles. The third kappa shape index (κ3) is 8.92. The standard InChI is InChI=1S/C26H28ClN5O2.C2HF3O2/c27-22-13-11-21(12-14-22)25(33)30(17-6-15-28)16-5-10-24-29-32-18-4-9-23(32)26(34)31(24)19-20-7-2-1-3-8-20;3-2(4,5)1(6)7/h1-4,7-9,11-14,18H,5-6,10,15-17,19,28H2;(H,6,7). The monoisotopic (exact) mass is 591 g/mol. The van der Waals surface area contributed by atoms with Crippen LogP contribution in [0.3, 0.4) is 0 Å². The molecule has 2 heterocycles. The van der Waals surface area contributed by atoms with E-state index in [9.17, 15) is 22.8 Å². The normalized spacial score (nSPS) is 11.1. The number of nitrogens with two attached hydrogens (primary N) is 1. The van der Waals surface area contributed by atoms with Gasteiger partial charge in [-0.3, -0.25) is 14.2 Å². The van der Waals surface area contributed by atoms with Crippen LogP contribution in [0.4, 0.5) is 13.2 Å². The Kier molecular flexibility index (Phi) is 11.1. The second-order valence-corrected chi connectivity index (χ2v) is 9.42. The molecule has 0 aliphatic carbocycles. The summed E-state index contributed by atoms with van der Waals surface area (Å²) in [5.74, 6) is -2.12. The van der Waals surface area contributed by atoms with Crippen LogP contribution in [0.5, 0.6) is 0 Å². The first-order valence-electron chi connectivity index (χ1n) is 12.7. The zero-order valence-corrected chi connectivity index (χ0v) is 22.7. The van der Waals surface area contributed by atoms with Gasteiger partial charge in [-0.2, -0.15) is 18.3 Å². The topological polar surface area (TPSA) is 123 Å². The Labute approximate surface area is 238 Å². The lowest BCUT2D eigenvalue weighted by Crippen LogP contribution is -2.34. The molecule has 41 heavy (non-hydrogen) atoms. The molecule has 4 rings (SSSR count). The van der Waals surface area contributed by atoms with Crippen molar-refractivity contribution < 1.29 is 27.9 Å². The maximum atomic E-state index is 13.2. The minimum Gasteiger partial charge on any atom is -0.475 e. The second-order valence-electron chi connectivity index (χ2n) is 8.98. The molecule has 2 aromatic carbocycles. The number of aryl methyl sites for hydroxylation is 1. The van der Waals surface area contributed by atoms with Gasteiger partial charge in [-0.15, -0.1) is 0 Å². The number of carboxylic acid groups (broad SMARTS) is 1. The van der Waals surface area contributed by atoms with Gasteiger partial charge in [0.25, 0.3) is 11.5 Å². The number of amides is 1. The van der Waals surface area contributed by atoms with Crippen LogP contribution < -0.4 is 11.3 Å². The molecule has 218 valence electrons. The fourth-order valence-corrected chi connectivity index (χ4v) is 4.10. The number of alkyl halides is 3. The van der Waals surface area contributed by atoms with E-state index in [1.807, 2.05) is 41.3 Å². The van der Waals surface area contributed by atoms with Crippen LogP contribution in [0.15, 0.2) is 77.7 Å². The maximum Gasteiger partial charge on any atom is 0.490 e. The van der Waals surface area contributed by atoms with E-state index in [0.29, 0.717) is 67.4 Å². The van der Waals surface area contributed by atoms with Gasteiger partial charge < -0.3 is 15.7 Å². The van der Waals surface area contributed by atoms with Crippen molar-refractivity contribution in [2.45, 2.75) is 32.0 Å². The lowest BCUT2D eigenvalue weighted by molar-refractivity contribution is -0.192. The van der Waals surface area contributed by atoms with Crippen molar-refractivity contribution in [1.82, 2.24) is 19.1 Å². The van der Waals surface area contributed by atoms with E-state index >= 15 is 0 Å². The van der Waals surface area contributed by atoms with E-state index in [0.717, 1.165) is 5.56 Å². The molecule has 0 radical (unpaired) electrons. The number of carboxylic acids is 1. The molecule has 0 aliphatic rings. The molecule has 0 fully saturated rings. The number of nitrogens with zero attached hydrogens (tertiary/aromatic N) is 4. The van der Waals surface area contributed by atoms with Crippen molar-refractivity contribution in [2.75, 3.05) is 19.6 Å². The maximum absolute atomic E-state index is 13.2. The highest BCUT2D eigenvalue weighted by Crippen LogP contribution is 2.14. The number of rotatable bonds is 10. The molecule has 13 heteroatoms. The van der Waals surface area contributed by atoms with E-state index in [1.54, 1.807) is 45.6 Å². The van der Waals surface area contributed by atoms with Gasteiger partial charge in [-0.25, -0.2) is 9.31 Å². The van der Waals surface area contributed by atoms with Gasteiger partial charge >= 0.3 is 12.1 Å². The molecule has 0 saturated carbocycles. The number of hydrogen-bond donors (Lipinski definition) is 2. The quantitative estimate of drug-likeness (QED) is 0.284. The van der Waals surface area contributed by atoms with Crippen molar-refractivity contribution in [1.29, 1.82) is 0 Å². The highest BCUT2D eigenvalue weighted by atomic mass is 35.5. The number of carbonyl (C=O) groups is 2. The summed E-state index contributed by atoms with van der Waals surface area (Å²) in [6.07, 6.45) is -1.36. The van der Waals surface area contributed by atoms with Gasteiger partial charge in [0.05, 0.1) is 6.54 Å². The number of aromatic nitrogens is 3. The van der Waals surface area contributed by atoms with E-state index in [2.05, 4.69) is 0 Å². The highest BCUT2D eigenvalue weighted by Gasteiger charge is 2.38. The van der Waals surface area contributed by atoms with Crippen LogP contribution >= 0.6 is 11.6 Å². The van der Waals surface area contributed by atoms with Gasteiger partial charge in [-0.05, 0) is 61.3 Å². The number of carbonyl (C=O) groups excluding carboxylic acids is 1. The van der Waals surface area contributed by atoms with Crippen molar-refractivity contribution in [3.8, 4) is 0 Å². The minimum absolute atomic E-state index is 0.0550. The molecule has 2 aromatic heterocycles. The van der Waals surface area contributed by atoms with E-state index in [-0.39, 0.29) is 11.5 Å². The molecule has 1 amide bonds. The molecule has 4 aromatic rings. The molecule has 9 nitrogen and oxygen atoms in total. The fourth-order valence-electron chi connectivity index (χ4n) is 3.98. The van der Waals surface area contributed by atoms with Crippen LogP contribution in [0.2, 0.25) is 5.02 Å². The average molecular weight is 592 g/mol. The van der Waals surface area contributed by atoms with E-state index in [4.69, 9.17) is 32.3 Å². The number of benzene rings is 2. The second kappa shape index (κ2) is 14.5. The molecule has 0 atom stereocenters. The third-order valence-electron chi connectivity index (χ3n) is 5.99. The Morgan fingerprint density at radius 1 is 0.976 bits per heavy atom. The van der Waals surface area contributed by atoms with Gasteiger partial charge in [0, 0.05) is 36.3 Å². The molecule has 3 N–H and O–H groups in total. The lowest BCUT2D eigenvalue weighted by atomic mass is 10.1. The van der Waals surface area contributed by atoms with Crippen molar-refractivity contribution in [2.24, 2.45) is 5.73 Å². The summed E-state index contributed by atoms with van der Waals surface area (Å²) < 4.78 is 35.1. The number of aliphatic carboxylic acids is 1. The minimum atomic E-state index is -5.08. The number of hydrogen-bond acceptors (Lipinski definition) is 5. The SMILES string of the molecule is NCCCN(CCCc1nn2cccc2c(=O)n1Cc1ccccc1)C(=O)c1ccc(Cl)cc1.O=C(O)C(F)(F)F. The predicted molar refractivity (Wildman–Crippen MR) is 148 cm³/mol. The summed E-state index contributed by atoms with van der Waals surface area (Å²) >= 11 is 5.97. The van der Waals surface area contributed by atoms with Crippen LogP contribution in [0.25, 0.3) is 5.52 Å². The summed E-state index contributed by atoms with van der Waals surface area (Å²) in [4.78, 5) is 37.0. The summed E-state index contributed by atoms with van der Waals surface area (Å²) in [7, 11) is 0. The smallest absolute Gasteiger partial charge is 0.475 e. The molecule has 0 spiro atoms. The molecule has 0 unspecified atom stereocenters. The number of halogens is 4. The summed E-state index contributed by atoms with van der Waals surface area (Å²) in [6.45, 7) is 2.06. The third-order valence-corrected chi connectivity index (χ3v) is 6.24. The average Bonchev–Trinajstić information content (AvgIpc) is 3.42. The Morgan fingerprint density at radius 3 is 2.22 bits per heavy atom. The van der Waals surface area contributed by atoms with E-state index < -0.39 is 12.1 Å². The Balaban J connectivity index is 0.000000587. The van der Waals surface area contributed by atoms with Gasteiger partial charge in [-0.1, -0.05) is 41.9 Å². The first-order valence-corrected chi connectivity index (χ1v) is 13.0. The van der Waals surface area contributed by atoms with Crippen LogP contribution in [0.1, 0.15) is 34.6 Å². The first kappa shape index (κ1) is 31.4. The predicted octanol–water partition coefficient (Wildman–Crippen LogP) is 4.25. The van der Waals surface area contributed by atoms with Gasteiger partial charge in [0.15, 0.2) is 0 Å². The van der Waals surface area contributed by atoms with Crippen molar-refractivity contribution in [3.63, 3.8) is 0 Å². The summed E-state index contributed by atoms with van der Waals surface area (Å²) in [5.41, 5.74) is 7.80. The van der Waals surface area contributed by atoms with Crippen molar-refractivity contribution >= 4 is 29.0 Å². The fraction of sp³-hybridized carbons (Fsp3) is 0.286. The summed E-state index contributed by atoms with van der Waals surface area (Å²) in [5, 5.41) is 12.4. The molecule has 0 aliphatic heterocycles. The van der Waals surface area contributed by atoms with Crippen LogP contribution in [0, 0.1) is 0 Å². The zero-order valence-electron chi connectivity index (χ0n) is 21.9.